The van der Waals surface area contributed by atoms with Gasteiger partial charge in [0.15, 0.2) is 0 Å². The maximum Gasteiger partial charge on any atom is 0.322 e. The highest BCUT2D eigenvalue weighted by Crippen LogP contribution is 2.25. The molecule has 0 saturated heterocycles. The molecule has 0 aliphatic carbocycles. The van der Waals surface area contributed by atoms with Crippen LogP contribution in [0.3, 0.4) is 0 Å². The highest BCUT2D eigenvalue weighted by molar-refractivity contribution is 7.98. The van der Waals surface area contributed by atoms with E-state index >= 15 is 0 Å². The number of aryl methyl sites for hydroxylation is 1. The maximum absolute atomic E-state index is 12.0. The molecular formula is C21H34N2O5S2. The van der Waals surface area contributed by atoms with Gasteiger partial charge in [-0.2, -0.15) is 23.5 Å². The summed E-state index contributed by atoms with van der Waals surface area (Å²) in [7, 11) is 2.75. The molecule has 0 fully saturated rings. The van der Waals surface area contributed by atoms with Gasteiger partial charge in [0.05, 0.1) is 14.2 Å². The highest BCUT2D eigenvalue weighted by atomic mass is 32.2. The molecule has 0 aliphatic rings. The molecule has 0 saturated carbocycles. The standard InChI is InChI=1S/C21H34N2O5S2/c1-14-10-15(12-22-17(6-8-29-4)20(25)27-2)19(24)16(11-14)13-23-18(7-9-30-5)21(26)28-3/h10-11,17-18,22-24H,6-9,12-13H2,1-5H3/t17-,18-/m0/s1. The number of carbonyl (C=O) groups excluding carboxylic acids is 2. The molecule has 1 aromatic rings. The quantitative estimate of drug-likeness (QED) is 0.363. The summed E-state index contributed by atoms with van der Waals surface area (Å²) in [6.45, 7) is 2.62. The fraction of sp³-hybridized carbons (Fsp3) is 0.619. The number of nitrogens with one attached hydrogen (secondary N) is 2. The summed E-state index contributed by atoms with van der Waals surface area (Å²) in [5.41, 5.74) is 2.38. The molecule has 0 amide bonds. The van der Waals surface area contributed by atoms with Crippen molar-refractivity contribution in [3.05, 3.63) is 28.8 Å². The van der Waals surface area contributed by atoms with E-state index in [4.69, 9.17) is 9.47 Å². The smallest absolute Gasteiger partial charge is 0.322 e. The van der Waals surface area contributed by atoms with Crippen LogP contribution in [0, 0.1) is 6.92 Å². The van der Waals surface area contributed by atoms with Gasteiger partial charge in [-0.1, -0.05) is 17.7 Å². The summed E-state index contributed by atoms with van der Waals surface area (Å²) in [6.07, 6.45) is 5.26. The Labute approximate surface area is 188 Å². The van der Waals surface area contributed by atoms with Crippen molar-refractivity contribution in [1.82, 2.24) is 10.6 Å². The average Bonchev–Trinajstić information content (AvgIpc) is 2.75. The van der Waals surface area contributed by atoms with Crippen molar-refractivity contribution in [2.24, 2.45) is 0 Å². The minimum atomic E-state index is -0.431. The van der Waals surface area contributed by atoms with E-state index in [0.29, 0.717) is 37.1 Å². The van der Waals surface area contributed by atoms with Gasteiger partial charge in [-0.3, -0.25) is 9.59 Å². The number of esters is 2. The Morgan fingerprint density at radius 3 is 1.67 bits per heavy atom. The minimum Gasteiger partial charge on any atom is -0.507 e. The second-order valence-corrected chi connectivity index (χ2v) is 8.88. The van der Waals surface area contributed by atoms with Gasteiger partial charge < -0.3 is 25.2 Å². The number of thioether (sulfide) groups is 2. The molecule has 1 rings (SSSR count). The van der Waals surface area contributed by atoms with Crippen molar-refractivity contribution in [3.63, 3.8) is 0 Å². The van der Waals surface area contributed by atoms with Crippen molar-refractivity contribution < 1.29 is 24.2 Å². The van der Waals surface area contributed by atoms with E-state index in [1.54, 1.807) is 23.5 Å². The zero-order valence-corrected chi connectivity index (χ0v) is 20.1. The van der Waals surface area contributed by atoms with Crippen LogP contribution in [0.15, 0.2) is 12.1 Å². The van der Waals surface area contributed by atoms with Gasteiger partial charge in [0.25, 0.3) is 0 Å². The second kappa shape index (κ2) is 14.6. The number of phenolic OH excluding ortho intramolecular Hbond substituents is 1. The van der Waals surface area contributed by atoms with Crippen molar-refractivity contribution in [2.75, 3.05) is 38.2 Å². The topological polar surface area (TPSA) is 96.9 Å². The number of hydrogen-bond donors (Lipinski definition) is 3. The number of benzene rings is 1. The molecular weight excluding hydrogens is 424 g/mol. The fourth-order valence-electron chi connectivity index (χ4n) is 3.03. The molecule has 7 nitrogen and oxygen atoms in total. The van der Waals surface area contributed by atoms with Gasteiger partial charge in [-0.25, -0.2) is 0 Å². The first-order valence-electron chi connectivity index (χ1n) is 9.79. The zero-order valence-electron chi connectivity index (χ0n) is 18.4. The Balaban J connectivity index is 2.89. The Bertz CT molecular complexity index is 634. The van der Waals surface area contributed by atoms with Crippen LogP contribution < -0.4 is 10.6 Å². The molecule has 3 N–H and O–H groups in total. The minimum absolute atomic E-state index is 0.155. The van der Waals surface area contributed by atoms with Gasteiger partial charge in [-0.05, 0) is 43.8 Å². The van der Waals surface area contributed by atoms with Crippen LogP contribution in [0.5, 0.6) is 5.75 Å². The molecule has 2 atom stereocenters. The molecule has 170 valence electrons. The van der Waals surface area contributed by atoms with Crippen LogP contribution in [0.1, 0.15) is 29.5 Å². The lowest BCUT2D eigenvalue weighted by Gasteiger charge is -2.19. The molecule has 30 heavy (non-hydrogen) atoms. The number of hydrogen-bond acceptors (Lipinski definition) is 9. The lowest BCUT2D eigenvalue weighted by Crippen LogP contribution is -2.38. The Morgan fingerprint density at radius 2 is 1.33 bits per heavy atom. The normalized spacial score (nSPS) is 13.0. The molecule has 0 aromatic heterocycles. The van der Waals surface area contributed by atoms with Crippen LogP contribution in [-0.4, -0.2) is 67.4 Å². The van der Waals surface area contributed by atoms with Gasteiger partial charge >= 0.3 is 11.9 Å². The molecule has 0 aliphatic heterocycles. The van der Waals surface area contributed by atoms with Gasteiger partial charge in [0.1, 0.15) is 17.8 Å². The van der Waals surface area contributed by atoms with Gasteiger partial charge in [0.2, 0.25) is 0 Å². The fourth-order valence-corrected chi connectivity index (χ4v) is 3.98. The molecule has 0 spiro atoms. The van der Waals surface area contributed by atoms with E-state index in [1.165, 1.54) is 14.2 Å². The third-order valence-electron chi connectivity index (χ3n) is 4.68. The molecule has 9 heteroatoms. The number of carbonyl (C=O) groups is 2. The summed E-state index contributed by atoms with van der Waals surface area (Å²) in [5, 5.41) is 17.1. The SMILES string of the molecule is COC(=O)[C@H](CCSC)NCc1cc(C)cc(CN[C@@H](CCSC)C(=O)OC)c1O. The largest absolute Gasteiger partial charge is 0.507 e. The molecule has 0 heterocycles. The van der Waals surface area contributed by atoms with E-state index in [9.17, 15) is 14.7 Å². The van der Waals surface area contributed by atoms with Crippen LogP contribution in [0.4, 0.5) is 0 Å². The summed E-state index contributed by atoms with van der Waals surface area (Å²) >= 11 is 3.32. The first-order valence-corrected chi connectivity index (χ1v) is 12.6. The monoisotopic (exact) mass is 458 g/mol. The van der Waals surface area contributed by atoms with Crippen molar-refractivity contribution >= 4 is 35.5 Å². The van der Waals surface area contributed by atoms with E-state index < -0.39 is 12.1 Å². The highest BCUT2D eigenvalue weighted by Gasteiger charge is 2.21. The summed E-state index contributed by atoms with van der Waals surface area (Å²) in [5.74, 6) is 1.18. The number of rotatable bonds is 14. The number of methoxy groups -OCH3 is 2. The van der Waals surface area contributed by atoms with Crippen LogP contribution in [-0.2, 0) is 32.2 Å². The average molecular weight is 459 g/mol. The molecule has 1 aromatic carbocycles. The third-order valence-corrected chi connectivity index (χ3v) is 5.97. The van der Waals surface area contributed by atoms with E-state index in [2.05, 4.69) is 10.6 Å². The number of aromatic hydroxyl groups is 1. The van der Waals surface area contributed by atoms with E-state index in [1.807, 2.05) is 31.6 Å². The van der Waals surface area contributed by atoms with E-state index in [0.717, 1.165) is 17.1 Å². The third kappa shape index (κ3) is 8.75. The maximum atomic E-state index is 12.0. The summed E-state index contributed by atoms with van der Waals surface area (Å²) in [6, 6.07) is 2.92. The summed E-state index contributed by atoms with van der Waals surface area (Å²) in [4.78, 5) is 24.0. The number of phenols is 1. The second-order valence-electron chi connectivity index (χ2n) is 6.91. The Hall–Kier alpha value is -1.42. The van der Waals surface area contributed by atoms with E-state index in [-0.39, 0.29) is 17.7 Å². The summed E-state index contributed by atoms with van der Waals surface area (Å²) < 4.78 is 9.75. The van der Waals surface area contributed by atoms with Gasteiger partial charge in [0, 0.05) is 24.2 Å². The first kappa shape index (κ1) is 26.6. The Kier molecular flexibility index (Phi) is 12.9. The van der Waals surface area contributed by atoms with Crippen molar-refractivity contribution in [1.29, 1.82) is 0 Å². The lowest BCUT2D eigenvalue weighted by molar-refractivity contribution is -0.144. The zero-order chi connectivity index (χ0) is 22.5. The molecule has 0 unspecified atom stereocenters. The lowest BCUT2D eigenvalue weighted by atomic mass is 10.0. The molecule has 0 radical (unpaired) electrons. The molecule has 0 bridgehead atoms. The van der Waals surface area contributed by atoms with Crippen molar-refractivity contribution in [2.45, 2.75) is 44.9 Å². The van der Waals surface area contributed by atoms with Crippen LogP contribution in [0.25, 0.3) is 0 Å². The predicted molar refractivity (Wildman–Crippen MR) is 124 cm³/mol. The van der Waals surface area contributed by atoms with Crippen LogP contribution in [0.2, 0.25) is 0 Å². The van der Waals surface area contributed by atoms with Crippen LogP contribution >= 0.6 is 23.5 Å². The first-order chi connectivity index (χ1) is 14.4. The Morgan fingerprint density at radius 1 is 0.933 bits per heavy atom. The predicted octanol–water partition coefficient (Wildman–Crippen LogP) is 2.47. The van der Waals surface area contributed by atoms with Gasteiger partial charge in [-0.15, -0.1) is 0 Å². The van der Waals surface area contributed by atoms with Crippen molar-refractivity contribution in [3.8, 4) is 5.75 Å². The number of ether oxygens (including phenoxy) is 2.